The van der Waals surface area contributed by atoms with Gasteiger partial charge < -0.3 is 10.5 Å². The van der Waals surface area contributed by atoms with Gasteiger partial charge in [-0.3, -0.25) is 0 Å². The van der Waals surface area contributed by atoms with Crippen LogP contribution in [0.3, 0.4) is 0 Å². The average Bonchev–Trinajstić information content (AvgIpc) is 2.00. The van der Waals surface area contributed by atoms with Gasteiger partial charge in [0.2, 0.25) is 0 Å². The van der Waals surface area contributed by atoms with E-state index in [4.69, 9.17) is 10.5 Å². The second kappa shape index (κ2) is 4.52. The number of nitrogens with two attached hydrogens (primary N) is 1. The number of methoxy groups -OCH3 is 1. The molecule has 0 aliphatic heterocycles. The van der Waals surface area contributed by atoms with E-state index in [1.165, 1.54) is 0 Å². The fourth-order valence-electron chi connectivity index (χ4n) is 0.758. The van der Waals surface area contributed by atoms with Crippen molar-refractivity contribution in [2.24, 2.45) is 5.73 Å². The Morgan fingerprint density at radius 3 is 2.45 bits per heavy atom. The van der Waals surface area contributed by atoms with Crippen LogP contribution in [-0.2, 0) is 4.74 Å². The third-order valence-corrected chi connectivity index (χ3v) is 2.03. The van der Waals surface area contributed by atoms with Gasteiger partial charge in [0.1, 0.15) is 0 Å². The Balaban J connectivity index is 4.21. The van der Waals surface area contributed by atoms with Gasteiger partial charge in [-0.15, -0.1) is 0 Å². The lowest BCUT2D eigenvalue weighted by molar-refractivity contribution is 0.0310. The Kier molecular flexibility index (Phi) is 4.38. The Bertz CT molecular complexity index is 132. The van der Waals surface area contributed by atoms with E-state index < -0.39 is 0 Å². The molecule has 0 saturated carbocycles. The molecule has 2 nitrogen and oxygen atoms in total. The minimum absolute atomic E-state index is 0.0234. The molecule has 0 aliphatic rings. The predicted molar refractivity (Wildman–Crippen MR) is 48.5 cm³/mol. The van der Waals surface area contributed by atoms with Gasteiger partial charge >= 0.3 is 0 Å². The summed E-state index contributed by atoms with van der Waals surface area (Å²) in [7, 11) is 1.68. The van der Waals surface area contributed by atoms with Crippen LogP contribution in [0.4, 0.5) is 0 Å². The first kappa shape index (κ1) is 10.7. The zero-order chi connectivity index (χ0) is 8.91. The summed E-state index contributed by atoms with van der Waals surface area (Å²) in [4.78, 5) is 0. The molecule has 66 valence electrons. The van der Waals surface area contributed by atoms with Crippen molar-refractivity contribution in [3.05, 3.63) is 12.2 Å². The third kappa shape index (κ3) is 3.04. The second-order valence-electron chi connectivity index (χ2n) is 2.99. The quantitative estimate of drug-likeness (QED) is 0.630. The van der Waals surface area contributed by atoms with E-state index in [9.17, 15) is 0 Å². The zero-order valence-electron chi connectivity index (χ0n) is 7.92. The first-order valence-electron chi connectivity index (χ1n) is 4.05. The van der Waals surface area contributed by atoms with Crippen LogP contribution in [0.15, 0.2) is 12.2 Å². The van der Waals surface area contributed by atoms with Crippen molar-refractivity contribution in [3.8, 4) is 0 Å². The lowest BCUT2D eigenvalue weighted by Gasteiger charge is -2.28. The van der Waals surface area contributed by atoms with Crippen LogP contribution < -0.4 is 5.73 Å². The molecule has 0 fully saturated rings. The number of allylic oxidation sites excluding steroid dienone is 1. The van der Waals surface area contributed by atoms with Crippen molar-refractivity contribution in [2.45, 2.75) is 38.8 Å². The minimum atomic E-state index is -0.310. The predicted octanol–water partition coefficient (Wildman–Crippen LogP) is 1.70. The van der Waals surface area contributed by atoms with Crippen LogP contribution in [-0.4, -0.2) is 18.8 Å². The lowest BCUT2D eigenvalue weighted by atomic mass is 9.97. The molecule has 2 heteroatoms. The summed E-state index contributed by atoms with van der Waals surface area (Å²) in [6.07, 6.45) is 5.12. The third-order valence-electron chi connectivity index (χ3n) is 2.03. The highest BCUT2D eigenvalue weighted by atomic mass is 16.5. The van der Waals surface area contributed by atoms with E-state index in [2.05, 4.69) is 13.0 Å². The van der Waals surface area contributed by atoms with Crippen LogP contribution in [0.25, 0.3) is 0 Å². The smallest absolute Gasteiger partial charge is 0.0978 e. The van der Waals surface area contributed by atoms with E-state index in [-0.39, 0.29) is 11.6 Å². The standard InChI is InChI=1S/C9H19NO/c1-5-6-7-9(3,11-4)8(2)10/h6-8H,5,10H2,1-4H3/b7-6-. The molecule has 0 amide bonds. The maximum Gasteiger partial charge on any atom is 0.0978 e. The normalized spacial score (nSPS) is 20.1. The van der Waals surface area contributed by atoms with Crippen LogP contribution in [0.1, 0.15) is 27.2 Å². The van der Waals surface area contributed by atoms with Gasteiger partial charge in [0.05, 0.1) is 5.60 Å². The molecule has 0 radical (unpaired) electrons. The summed E-state index contributed by atoms with van der Waals surface area (Å²) < 4.78 is 5.29. The van der Waals surface area contributed by atoms with Gasteiger partial charge in [-0.25, -0.2) is 0 Å². The molecule has 0 heterocycles. The molecular formula is C9H19NO. The SMILES string of the molecule is CC/C=C\C(C)(OC)C(C)N. The Morgan fingerprint density at radius 2 is 2.18 bits per heavy atom. The van der Waals surface area contributed by atoms with Gasteiger partial charge in [0.25, 0.3) is 0 Å². The van der Waals surface area contributed by atoms with Gasteiger partial charge in [0, 0.05) is 13.2 Å². The van der Waals surface area contributed by atoms with Gasteiger partial charge in [-0.1, -0.05) is 19.1 Å². The average molecular weight is 157 g/mol. The molecular weight excluding hydrogens is 138 g/mol. The molecule has 0 aromatic carbocycles. The van der Waals surface area contributed by atoms with Crippen molar-refractivity contribution in [2.75, 3.05) is 7.11 Å². The zero-order valence-corrected chi connectivity index (χ0v) is 7.92. The summed E-state index contributed by atoms with van der Waals surface area (Å²) in [5, 5.41) is 0. The molecule has 0 aromatic rings. The Morgan fingerprint density at radius 1 is 1.64 bits per heavy atom. The first-order chi connectivity index (χ1) is 5.06. The Hall–Kier alpha value is -0.340. The fraction of sp³-hybridized carbons (Fsp3) is 0.778. The molecule has 2 unspecified atom stereocenters. The van der Waals surface area contributed by atoms with E-state index in [1.807, 2.05) is 19.9 Å². The van der Waals surface area contributed by atoms with Crippen LogP contribution >= 0.6 is 0 Å². The van der Waals surface area contributed by atoms with E-state index in [0.29, 0.717) is 0 Å². The van der Waals surface area contributed by atoms with Crippen LogP contribution in [0, 0.1) is 0 Å². The fourth-order valence-corrected chi connectivity index (χ4v) is 0.758. The van der Waals surface area contributed by atoms with Gasteiger partial charge in [0.15, 0.2) is 0 Å². The Labute approximate surface area is 69.4 Å². The molecule has 0 aliphatic carbocycles. The molecule has 11 heavy (non-hydrogen) atoms. The maximum absolute atomic E-state index is 5.75. The van der Waals surface area contributed by atoms with Crippen molar-refractivity contribution in [1.29, 1.82) is 0 Å². The van der Waals surface area contributed by atoms with Gasteiger partial charge in [-0.05, 0) is 20.3 Å². The topological polar surface area (TPSA) is 35.2 Å². The number of hydrogen-bond acceptors (Lipinski definition) is 2. The highest BCUT2D eigenvalue weighted by Crippen LogP contribution is 2.14. The second-order valence-corrected chi connectivity index (χ2v) is 2.99. The minimum Gasteiger partial charge on any atom is -0.373 e. The van der Waals surface area contributed by atoms with Crippen molar-refractivity contribution in [1.82, 2.24) is 0 Å². The number of hydrogen-bond donors (Lipinski definition) is 1. The lowest BCUT2D eigenvalue weighted by Crippen LogP contribution is -2.43. The van der Waals surface area contributed by atoms with E-state index in [0.717, 1.165) is 6.42 Å². The van der Waals surface area contributed by atoms with Crippen LogP contribution in [0.2, 0.25) is 0 Å². The summed E-state index contributed by atoms with van der Waals surface area (Å²) in [6.45, 7) is 6.03. The molecule has 0 spiro atoms. The van der Waals surface area contributed by atoms with E-state index >= 15 is 0 Å². The summed E-state index contributed by atoms with van der Waals surface area (Å²) >= 11 is 0. The maximum atomic E-state index is 5.75. The summed E-state index contributed by atoms with van der Waals surface area (Å²) in [6, 6.07) is 0.0234. The van der Waals surface area contributed by atoms with Crippen molar-refractivity contribution in [3.63, 3.8) is 0 Å². The highest BCUT2D eigenvalue weighted by molar-refractivity contribution is 5.03. The van der Waals surface area contributed by atoms with Crippen molar-refractivity contribution < 1.29 is 4.74 Å². The number of ether oxygens (including phenoxy) is 1. The molecule has 0 aromatic heterocycles. The molecule has 0 saturated heterocycles. The monoisotopic (exact) mass is 157 g/mol. The number of rotatable bonds is 4. The summed E-state index contributed by atoms with van der Waals surface area (Å²) in [5.41, 5.74) is 5.44. The largest absolute Gasteiger partial charge is 0.373 e. The van der Waals surface area contributed by atoms with E-state index in [1.54, 1.807) is 7.11 Å². The highest BCUT2D eigenvalue weighted by Gasteiger charge is 2.24. The molecule has 0 bridgehead atoms. The van der Waals surface area contributed by atoms with Crippen LogP contribution in [0.5, 0.6) is 0 Å². The van der Waals surface area contributed by atoms with Crippen molar-refractivity contribution >= 4 is 0 Å². The van der Waals surface area contributed by atoms with Gasteiger partial charge in [-0.2, -0.15) is 0 Å². The molecule has 0 rings (SSSR count). The summed E-state index contributed by atoms with van der Waals surface area (Å²) in [5.74, 6) is 0. The first-order valence-corrected chi connectivity index (χ1v) is 4.05. The molecule has 2 N–H and O–H groups in total. The molecule has 2 atom stereocenters.